The zero-order valence-corrected chi connectivity index (χ0v) is 10.3. The first-order chi connectivity index (χ1) is 7.81. The Labute approximate surface area is 99.8 Å². The third-order valence-electron chi connectivity index (χ3n) is 2.60. The third-order valence-corrected chi connectivity index (χ3v) is 3.64. The van der Waals surface area contributed by atoms with Crippen LogP contribution in [-0.2, 0) is 0 Å². The lowest BCUT2D eigenvalue weighted by Gasteiger charge is -2.22. The second-order valence-corrected chi connectivity index (χ2v) is 5.02. The number of nitrogens with one attached hydrogen (secondary N) is 1. The number of aryl methyl sites for hydroxylation is 1. The van der Waals surface area contributed by atoms with Crippen molar-refractivity contribution < 1.29 is 0 Å². The quantitative estimate of drug-likeness (QED) is 0.593. The monoisotopic (exact) mass is 239 g/mol. The molecular weight excluding hydrogens is 222 g/mol. The zero-order valence-electron chi connectivity index (χ0n) is 9.44. The van der Waals surface area contributed by atoms with E-state index in [0.29, 0.717) is 5.95 Å². The summed E-state index contributed by atoms with van der Waals surface area (Å²) in [7, 11) is 0. The predicted octanol–water partition coefficient (Wildman–Crippen LogP) is 1.01. The van der Waals surface area contributed by atoms with Crippen LogP contribution >= 0.6 is 11.8 Å². The molecular formula is C10H17N5S. The molecule has 88 valence electrons. The smallest absolute Gasteiger partial charge is 0.239 e. The van der Waals surface area contributed by atoms with Crippen LogP contribution in [0.1, 0.15) is 12.0 Å². The second kappa shape index (κ2) is 5.36. The average molecular weight is 239 g/mol. The largest absolute Gasteiger partial charge is 0.355 e. The number of hydrogen-bond acceptors (Lipinski definition) is 6. The van der Waals surface area contributed by atoms with E-state index in [2.05, 4.69) is 20.3 Å². The molecule has 0 amide bonds. The molecule has 0 atom stereocenters. The van der Waals surface area contributed by atoms with Crippen LogP contribution in [0, 0.1) is 6.92 Å². The van der Waals surface area contributed by atoms with E-state index < -0.39 is 0 Å². The van der Waals surface area contributed by atoms with Gasteiger partial charge in [-0.15, -0.1) is 0 Å². The second-order valence-electron chi connectivity index (χ2n) is 3.80. The van der Waals surface area contributed by atoms with Crippen LogP contribution < -0.4 is 16.2 Å². The zero-order chi connectivity index (χ0) is 11.4. The molecule has 1 aliphatic rings. The van der Waals surface area contributed by atoms with Crippen molar-refractivity contribution >= 4 is 23.5 Å². The Morgan fingerprint density at radius 2 is 2.31 bits per heavy atom. The Balaban J connectivity index is 2.22. The Kier molecular flexibility index (Phi) is 3.84. The maximum Gasteiger partial charge on any atom is 0.239 e. The topological polar surface area (TPSA) is 67.1 Å². The van der Waals surface area contributed by atoms with Crippen molar-refractivity contribution in [2.45, 2.75) is 13.3 Å². The molecule has 0 aromatic carbocycles. The standard InChI is InChI=1S/C10H17N5S/c1-8-7-12-10(14-11)13-9(8)15-3-2-5-16-6-4-15/h7H,2-6,11H2,1H3,(H,12,13,14). The molecule has 3 N–H and O–H groups in total. The van der Waals surface area contributed by atoms with Gasteiger partial charge in [0.1, 0.15) is 5.82 Å². The fourth-order valence-corrected chi connectivity index (χ4v) is 2.67. The molecule has 5 nitrogen and oxygen atoms in total. The van der Waals surface area contributed by atoms with Crippen molar-refractivity contribution in [3.8, 4) is 0 Å². The van der Waals surface area contributed by atoms with E-state index in [4.69, 9.17) is 5.84 Å². The highest BCUT2D eigenvalue weighted by molar-refractivity contribution is 7.99. The number of anilines is 2. The number of hydrazine groups is 1. The summed E-state index contributed by atoms with van der Waals surface area (Å²) in [6, 6.07) is 0. The maximum atomic E-state index is 5.33. The summed E-state index contributed by atoms with van der Waals surface area (Å²) in [6.45, 7) is 4.15. The molecule has 0 unspecified atom stereocenters. The van der Waals surface area contributed by atoms with Crippen LogP contribution in [0.15, 0.2) is 6.20 Å². The number of thioether (sulfide) groups is 1. The third kappa shape index (κ3) is 2.56. The first kappa shape index (κ1) is 11.5. The van der Waals surface area contributed by atoms with Gasteiger partial charge in [-0.25, -0.2) is 10.8 Å². The van der Waals surface area contributed by atoms with Gasteiger partial charge in [-0.05, 0) is 19.1 Å². The van der Waals surface area contributed by atoms with Gasteiger partial charge in [0.05, 0.1) is 0 Å². The Morgan fingerprint density at radius 1 is 1.44 bits per heavy atom. The number of nitrogens with two attached hydrogens (primary N) is 1. The minimum Gasteiger partial charge on any atom is -0.355 e. The van der Waals surface area contributed by atoms with Crippen molar-refractivity contribution in [3.63, 3.8) is 0 Å². The number of aromatic nitrogens is 2. The highest BCUT2D eigenvalue weighted by atomic mass is 32.2. The van der Waals surface area contributed by atoms with Gasteiger partial charge in [-0.1, -0.05) is 0 Å². The maximum absolute atomic E-state index is 5.33. The minimum atomic E-state index is 0.484. The summed E-state index contributed by atoms with van der Waals surface area (Å²) in [5.74, 6) is 9.22. The first-order valence-electron chi connectivity index (χ1n) is 5.44. The van der Waals surface area contributed by atoms with Gasteiger partial charge in [0.25, 0.3) is 0 Å². The molecule has 0 saturated carbocycles. The summed E-state index contributed by atoms with van der Waals surface area (Å²) in [5, 5.41) is 0. The lowest BCUT2D eigenvalue weighted by atomic mass is 10.3. The molecule has 0 bridgehead atoms. The Hall–Kier alpha value is -1.01. The average Bonchev–Trinajstić information content (AvgIpc) is 2.58. The van der Waals surface area contributed by atoms with E-state index in [-0.39, 0.29) is 0 Å². The van der Waals surface area contributed by atoms with E-state index in [1.807, 2.05) is 24.9 Å². The van der Waals surface area contributed by atoms with Crippen LogP contribution in [0.3, 0.4) is 0 Å². The molecule has 1 aliphatic heterocycles. The van der Waals surface area contributed by atoms with Crippen molar-refractivity contribution in [2.24, 2.45) is 5.84 Å². The van der Waals surface area contributed by atoms with Crippen molar-refractivity contribution in [2.75, 3.05) is 34.9 Å². The van der Waals surface area contributed by atoms with Crippen LogP contribution in [0.4, 0.5) is 11.8 Å². The molecule has 6 heteroatoms. The van der Waals surface area contributed by atoms with Gasteiger partial charge in [-0.3, -0.25) is 5.43 Å². The Morgan fingerprint density at radius 3 is 3.12 bits per heavy atom. The molecule has 1 fully saturated rings. The fraction of sp³-hybridized carbons (Fsp3) is 0.600. The first-order valence-corrected chi connectivity index (χ1v) is 6.59. The van der Waals surface area contributed by atoms with Crippen LogP contribution in [0.5, 0.6) is 0 Å². The molecule has 2 rings (SSSR count). The van der Waals surface area contributed by atoms with E-state index in [1.54, 1.807) is 0 Å². The SMILES string of the molecule is Cc1cnc(NN)nc1N1CCCSCC1. The number of rotatable bonds is 2. The van der Waals surface area contributed by atoms with Crippen molar-refractivity contribution in [1.82, 2.24) is 9.97 Å². The van der Waals surface area contributed by atoms with Gasteiger partial charge in [0.15, 0.2) is 0 Å². The van der Waals surface area contributed by atoms with Crippen LogP contribution in [0.2, 0.25) is 0 Å². The van der Waals surface area contributed by atoms with Gasteiger partial charge in [0.2, 0.25) is 5.95 Å². The lowest BCUT2D eigenvalue weighted by Crippen LogP contribution is -2.28. The molecule has 1 saturated heterocycles. The summed E-state index contributed by atoms with van der Waals surface area (Å²) >= 11 is 2.00. The van der Waals surface area contributed by atoms with E-state index in [1.165, 1.54) is 12.2 Å². The van der Waals surface area contributed by atoms with Gasteiger partial charge in [0, 0.05) is 30.6 Å². The summed E-state index contributed by atoms with van der Waals surface area (Å²) in [5.41, 5.74) is 3.60. The molecule has 1 aromatic heterocycles. The van der Waals surface area contributed by atoms with Crippen LogP contribution in [0.25, 0.3) is 0 Å². The summed E-state index contributed by atoms with van der Waals surface area (Å²) < 4.78 is 0. The Bertz CT molecular complexity index is 349. The minimum absolute atomic E-state index is 0.484. The number of hydrogen-bond donors (Lipinski definition) is 2. The highest BCUT2D eigenvalue weighted by Gasteiger charge is 2.14. The lowest BCUT2D eigenvalue weighted by molar-refractivity contribution is 0.794. The molecule has 0 spiro atoms. The highest BCUT2D eigenvalue weighted by Crippen LogP contribution is 2.21. The summed E-state index contributed by atoms with van der Waals surface area (Å²) in [4.78, 5) is 10.8. The molecule has 16 heavy (non-hydrogen) atoms. The fourth-order valence-electron chi connectivity index (χ4n) is 1.78. The number of nitrogen functional groups attached to an aromatic ring is 1. The normalized spacial score (nSPS) is 17.0. The summed E-state index contributed by atoms with van der Waals surface area (Å²) in [6.07, 6.45) is 3.02. The van der Waals surface area contributed by atoms with Gasteiger partial charge < -0.3 is 4.90 Å². The van der Waals surface area contributed by atoms with Gasteiger partial charge in [-0.2, -0.15) is 16.7 Å². The van der Waals surface area contributed by atoms with Crippen molar-refractivity contribution in [1.29, 1.82) is 0 Å². The van der Waals surface area contributed by atoms with Crippen molar-refractivity contribution in [3.05, 3.63) is 11.8 Å². The molecule has 0 aliphatic carbocycles. The van der Waals surface area contributed by atoms with Crippen LogP contribution in [-0.4, -0.2) is 34.6 Å². The van der Waals surface area contributed by atoms with E-state index in [0.717, 1.165) is 30.2 Å². The predicted molar refractivity (Wildman–Crippen MR) is 68.7 cm³/mol. The van der Waals surface area contributed by atoms with E-state index >= 15 is 0 Å². The van der Waals surface area contributed by atoms with E-state index in [9.17, 15) is 0 Å². The molecule has 2 heterocycles. The number of nitrogens with zero attached hydrogens (tertiary/aromatic N) is 3. The van der Waals surface area contributed by atoms with Gasteiger partial charge >= 0.3 is 0 Å². The molecule has 0 radical (unpaired) electrons. The molecule has 1 aromatic rings.